The summed E-state index contributed by atoms with van der Waals surface area (Å²) in [5.74, 6) is -9.18. The standard InChI is InChI=1S/C92H150N24O16/c1-3-5-7-9-11-13-15-17-19-21-23-25-27-29-31-37-66(117)41-42-67(56-102-76(121)40-32-30-28-26-24-22-20-18-16-14-12-10-8-6-4-2)132-84(129)44-43-77(122)107-69(39-34-36-46-94)92(131)101-49-52-112(82(127)61-115-64-104-86-71(119)54-74(96)109-90(86)115)58-79(124)99-47-50-111(81(126)60-114-63-103-85-70(118)53-73(95)108-89(85)114)57-78(123)100-48-51-113(59-80(125)106-68(88(98)130)38-33-35-45-93)83(128)62-116-65-105-87-72(120)55-75(97)110-91(87)116/h63-65,67-69H,3-62,93-94H2,1-2H3,(H2,95,108)(H2,96,109)(H2,97,110)(H2,98,130)(H,99,124)(H,100,123)(H,101,131)(H,102,121)(H,106,125)(H,107,122). The molecule has 3 aliphatic heterocycles. The van der Waals surface area contributed by atoms with Crippen molar-refractivity contribution in [1.29, 1.82) is 0 Å². The van der Waals surface area contributed by atoms with Crippen LogP contribution in [-0.2, 0) is 81.9 Å². The van der Waals surface area contributed by atoms with Crippen molar-refractivity contribution >= 4 is 123 Å². The SMILES string of the molecule is CCCCCCCCCCCCCCCCCC(=O)CCC(CNC(=O)CCCCCCCCCCCCCCCCC)OC(=O)CCC(=O)NC(CCCCN)C(=O)NCCN(CC(=O)NCCN(CC(=O)NCCN(CC(=O)NC(CCCCN)C(N)=O)C(=O)Cn1cnc2c1N=C(N)CC2=O)C(=O)Cn1cnc2c1N=C(N)CC2=O)C(=O)Cn1cnc2c1N=C(N)CC2=O. The van der Waals surface area contributed by atoms with Crippen molar-refractivity contribution < 1.29 is 76.7 Å². The van der Waals surface area contributed by atoms with Gasteiger partial charge in [0, 0.05) is 65.0 Å². The fourth-order valence-corrected chi connectivity index (χ4v) is 15.9. The average Bonchev–Trinajstić information content (AvgIpc) is 1.66. The smallest absolute Gasteiger partial charge is 0.306 e. The average molecular weight is 1850 g/mol. The van der Waals surface area contributed by atoms with Crippen molar-refractivity contribution in [3.8, 4) is 0 Å². The zero-order valence-electron chi connectivity index (χ0n) is 78.3. The van der Waals surface area contributed by atoms with Gasteiger partial charge < -0.3 is 99.4 Å². The number of hydrogen-bond acceptors (Lipinski definition) is 27. The van der Waals surface area contributed by atoms with E-state index in [0.29, 0.717) is 51.5 Å². The molecule has 0 bridgehead atoms. The first-order valence-electron chi connectivity index (χ1n) is 48.3. The lowest BCUT2D eigenvalue weighted by molar-refractivity contribution is -0.151. The summed E-state index contributed by atoms with van der Waals surface area (Å²) in [7, 11) is 0. The van der Waals surface area contributed by atoms with Crippen LogP contribution < -0.4 is 66.3 Å². The molecule has 3 aliphatic rings. The molecule has 3 aromatic heterocycles. The van der Waals surface area contributed by atoms with Gasteiger partial charge in [0.15, 0.2) is 51.9 Å². The maximum atomic E-state index is 14.5. The Labute approximate surface area is 776 Å². The number of aliphatic imine (C=N–C) groups is 3. The van der Waals surface area contributed by atoms with Crippen LogP contribution in [0.25, 0.3) is 0 Å². The highest BCUT2D eigenvalue weighted by molar-refractivity contribution is 6.15. The van der Waals surface area contributed by atoms with E-state index in [-0.39, 0.29) is 161 Å². The van der Waals surface area contributed by atoms with Gasteiger partial charge in [0.2, 0.25) is 59.1 Å². The van der Waals surface area contributed by atoms with E-state index in [1.54, 1.807) is 0 Å². The van der Waals surface area contributed by atoms with Crippen molar-refractivity contribution in [1.82, 2.24) is 75.3 Å². The number of ketones is 4. The second-order valence-corrected chi connectivity index (χ2v) is 34.8. The molecule has 0 radical (unpaired) electrons. The molecule has 0 aromatic carbocycles. The molecule has 0 aliphatic carbocycles. The third kappa shape index (κ3) is 42.6. The molecule has 10 amide bonds. The van der Waals surface area contributed by atoms with Crippen LogP contribution in [0.1, 0.15) is 334 Å². The number of primary amides is 1. The summed E-state index contributed by atoms with van der Waals surface area (Å²) in [5.41, 5.74) is 34.9. The summed E-state index contributed by atoms with van der Waals surface area (Å²) in [4.78, 5) is 233. The molecule has 6 heterocycles. The molecule has 3 unspecified atom stereocenters. The number of ether oxygens (including phenoxy) is 1. The molecule has 18 N–H and O–H groups in total. The van der Waals surface area contributed by atoms with Gasteiger partial charge >= 0.3 is 5.97 Å². The first-order chi connectivity index (χ1) is 63.7. The maximum Gasteiger partial charge on any atom is 0.306 e. The van der Waals surface area contributed by atoms with Gasteiger partial charge in [-0.2, -0.15) is 0 Å². The van der Waals surface area contributed by atoms with Crippen molar-refractivity contribution in [2.45, 2.75) is 341 Å². The Morgan fingerprint density at radius 1 is 0.386 bits per heavy atom. The Balaban J connectivity index is 1.08. The molecule has 40 heteroatoms. The number of carbonyl (C=O) groups excluding carboxylic acids is 15. The van der Waals surface area contributed by atoms with Gasteiger partial charge in [-0.05, 0) is 70.9 Å². The van der Waals surface area contributed by atoms with Crippen molar-refractivity contribution in [3.05, 3.63) is 36.1 Å². The van der Waals surface area contributed by atoms with E-state index in [9.17, 15) is 71.9 Å². The molecule has 734 valence electrons. The predicted octanol–water partition coefficient (Wildman–Crippen LogP) is 6.63. The first kappa shape index (κ1) is 110. The second-order valence-electron chi connectivity index (χ2n) is 34.8. The molecule has 40 nitrogen and oxygen atoms in total. The van der Waals surface area contributed by atoms with Crippen LogP contribution in [0, 0.1) is 0 Å². The minimum atomic E-state index is -1.18. The fourth-order valence-electron chi connectivity index (χ4n) is 15.9. The minimum absolute atomic E-state index is 0.00675. The number of hydrogen-bond donors (Lipinski definition) is 12. The number of nitrogens with zero attached hydrogens (tertiary/aromatic N) is 12. The van der Waals surface area contributed by atoms with Crippen molar-refractivity contribution in [2.75, 3.05) is 78.5 Å². The summed E-state index contributed by atoms with van der Waals surface area (Å²) in [5, 5.41) is 16.2. The number of unbranched alkanes of at least 4 members (excludes halogenated alkanes) is 30. The summed E-state index contributed by atoms with van der Waals surface area (Å²) in [6.45, 7) is -0.734. The van der Waals surface area contributed by atoms with E-state index in [1.807, 2.05) is 0 Å². The number of rotatable bonds is 74. The highest BCUT2D eigenvalue weighted by Crippen LogP contribution is 2.28. The Kier molecular flexibility index (Phi) is 52.3. The van der Waals surface area contributed by atoms with E-state index in [0.717, 1.165) is 59.6 Å². The van der Waals surface area contributed by atoms with Crippen LogP contribution in [0.5, 0.6) is 0 Å². The van der Waals surface area contributed by atoms with Crippen LogP contribution in [0.4, 0.5) is 17.5 Å². The van der Waals surface area contributed by atoms with Gasteiger partial charge in [0.1, 0.15) is 61.1 Å². The normalized spacial score (nSPS) is 13.4. The van der Waals surface area contributed by atoms with Gasteiger partial charge in [-0.25, -0.2) is 29.9 Å². The molecule has 0 saturated carbocycles. The number of amides is 10. The largest absolute Gasteiger partial charge is 0.460 e. The summed E-state index contributed by atoms with van der Waals surface area (Å²) in [6, 6.07) is -2.30. The van der Waals surface area contributed by atoms with Crippen LogP contribution in [-0.4, -0.2) is 246 Å². The molecular formula is C92H150N24O16. The fraction of sp³-hybridized carbons (Fsp3) is 0.707. The van der Waals surface area contributed by atoms with Gasteiger partial charge in [-0.3, -0.25) is 71.9 Å². The van der Waals surface area contributed by atoms with E-state index >= 15 is 0 Å². The van der Waals surface area contributed by atoms with Gasteiger partial charge in [-0.15, -0.1) is 0 Å². The van der Waals surface area contributed by atoms with Gasteiger partial charge in [0.25, 0.3) is 0 Å². The molecule has 0 fully saturated rings. The molecule has 3 aromatic rings. The maximum absolute atomic E-state index is 14.5. The number of esters is 1. The number of aromatic nitrogens is 6. The number of amidine groups is 3. The quantitative estimate of drug-likeness (QED) is 0.0208. The number of nitrogens with two attached hydrogens (primary N) is 6. The Morgan fingerprint density at radius 3 is 1.11 bits per heavy atom. The van der Waals surface area contributed by atoms with Crippen molar-refractivity contribution in [2.24, 2.45) is 49.4 Å². The molecule has 132 heavy (non-hydrogen) atoms. The minimum Gasteiger partial charge on any atom is -0.460 e. The highest BCUT2D eigenvalue weighted by Gasteiger charge is 2.33. The van der Waals surface area contributed by atoms with Crippen LogP contribution in [0.15, 0.2) is 34.0 Å². The van der Waals surface area contributed by atoms with Gasteiger partial charge in [-0.1, -0.05) is 194 Å². The Morgan fingerprint density at radius 2 is 0.735 bits per heavy atom. The summed E-state index contributed by atoms with van der Waals surface area (Å²) >= 11 is 0. The molecule has 3 atom stereocenters. The van der Waals surface area contributed by atoms with Crippen LogP contribution in [0.3, 0.4) is 0 Å². The molecular weight excluding hydrogens is 1700 g/mol. The monoisotopic (exact) mass is 1850 g/mol. The van der Waals surface area contributed by atoms with E-state index in [4.69, 9.17) is 39.1 Å². The van der Waals surface area contributed by atoms with Crippen molar-refractivity contribution in [3.63, 3.8) is 0 Å². The van der Waals surface area contributed by atoms with Crippen LogP contribution >= 0.6 is 0 Å². The van der Waals surface area contributed by atoms with Crippen LogP contribution in [0.2, 0.25) is 0 Å². The zero-order chi connectivity index (χ0) is 95.8. The third-order valence-electron chi connectivity index (χ3n) is 23.5. The lowest BCUT2D eigenvalue weighted by Gasteiger charge is -2.26. The first-order valence-corrected chi connectivity index (χ1v) is 48.3. The molecule has 0 spiro atoms. The molecule has 0 saturated heterocycles. The number of carbonyl (C=O) groups is 15. The predicted molar refractivity (Wildman–Crippen MR) is 500 cm³/mol. The lowest BCUT2D eigenvalue weighted by Crippen LogP contribution is -2.51. The summed E-state index contributed by atoms with van der Waals surface area (Å²) < 4.78 is 9.66. The number of fused-ring (bicyclic) bond motifs is 3. The number of Topliss-reactive ketones (excluding diaryl/α,β-unsaturated/α-hetero) is 4. The third-order valence-corrected chi connectivity index (χ3v) is 23.5. The topological polar surface area (TPSA) is 594 Å². The Bertz CT molecular complexity index is 4250. The van der Waals surface area contributed by atoms with E-state index in [2.05, 4.69) is 75.7 Å². The van der Waals surface area contributed by atoms with E-state index < -0.39 is 147 Å². The number of imidazole rings is 3. The molecule has 6 rings (SSSR count). The Hall–Kier alpha value is -11.2. The second kappa shape index (κ2) is 63.0. The summed E-state index contributed by atoms with van der Waals surface area (Å²) in [6.07, 6.45) is 40.4. The van der Waals surface area contributed by atoms with Gasteiger partial charge in [0.05, 0.1) is 70.8 Å². The lowest BCUT2D eigenvalue weighted by atomic mass is 10.0. The zero-order valence-corrected chi connectivity index (χ0v) is 78.3. The highest BCUT2D eigenvalue weighted by atomic mass is 16.5. The number of nitrogens with one attached hydrogen (secondary N) is 6. The van der Waals surface area contributed by atoms with E-state index in [1.165, 1.54) is 174 Å².